The summed E-state index contributed by atoms with van der Waals surface area (Å²) in [5, 5.41) is 3.07. The van der Waals surface area contributed by atoms with E-state index in [-0.39, 0.29) is 17.9 Å². The summed E-state index contributed by atoms with van der Waals surface area (Å²) in [5.74, 6) is 2.46. The fourth-order valence-corrected chi connectivity index (χ4v) is 3.77. The highest BCUT2D eigenvalue weighted by Crippen LogP contribution is 2.32. The van der Waals surface area contributed by atoms with Gasteiger partial charge in [0.15, 0.2) is 0 Å². The van der Waals surface area contributed by atoms with Gasteiger partial charge in [0.05, 0.1) is 12.6 Å². The van der Waals surface area contributed by atoms with Gasteiger partial charge in [-0.3, -0.25) is 0 Å². The van der Waals surface area contributed by atoms with Crippen LogP contribution in [0.4, 0.5) is 9.18 Å². The molecule has 3 rings (SSSR count). The van der Waals surface area contributed by atoms with Gasteiger partial charge in [-0.15, -0.1) is 0 Å². The number of rotatable bonds is 1. The lowest BCUT2D eigenvalue weighted by Gasteiger charge is -2.25. The van der Waals surface area contributed by atoms with Crippen LogP contribution in [0.3, 0.4) is 0 Å². The summed E-state index contributed by atoms with van der Waals surface area (Å²) < 4.78 is 19.2. The van der Waals surface area contributed by atoms with Crippen LogP contribution in [0, 0.1) is 5.82 Å². The number of thioether (sulfide) groups is 1. The van der Waals surface area contributed by atoms with Gasteiger partial charge in [-0.1, -0.05) is 0 Å². The van der Waals surface area contributed by atoms with Crippen molar-refractivity contribution in [1.29, 1.82) is 0 Å². The number of nitrogens with zero attached hydrogens (tertiary/aromatic N) is 1. The average molecular weight is 324 g/mol. The van der Waals surface area contributed by atoms with E-state index in [9.17, 15) is 9.18 Å². The van der Waals surface area contributed by atoms with E-state index in [4.69, 9.17) is 4.74 Å². The number of hydrogen-bond acceptors (Lipinski definition) is 3. The lowest BCUT2D eigenvalue weighted by Crippen LogP contribution is -2.42. The minimum absolute atomic E-state index is 0.0513. The number of carbonyl (C=O) groups is 1. The van der Waals surface area contributed by atoms with Gasteiger partial charge in [0.25, 0.3) is 0 Å². The van der Waals surface area contributed by atoms with Crippen LogP contribution in [-0.2, 0) is 0 Å². The van der Waals surface area contributed by atoms with Gasteiger partial charge in [-0.05, 0) is 43.2 Å². The monoisotopic (exact) mass is 324 g/mol. The molecule has 1 saturated heterocycles. The van der Waals surface area contributed by atoms with Crippen LogP contribution in [0.15, 0.2) is 18.2 Å². The average Bonchev–Trinajstić information content (AvgIpc) is 2.89. The lowest BCUT2D eigenvalue weighted by molar-refractivity contribution is 0.197. The van der Waals surface area contributed by atoms with E-state index in [0.717, 1.165) is 49.4 Å². The molecule has 0 aromatic heterocycles. The van der Waals surface area contributed by atoms with Crippen molar-refractivity contribution in [3.8, 4) is 5.75 Å². The molecule has 120 valence electrons. The Morgan fingerprint density at radius 2 is 2.23 bits per heavy atom. The minimum Gasteiger partial charge on any atom is -0.493 e. The molecule has 0 spiro atoms. The SMILES string of the molecule is O=C(N[C@@H]1CCCOc2ccc(F)cc21)N1CCCSCC1. The molecule has 0 saturated carbocycles. The number of carbonyl (C=O) groups excluding carboxylic acids is 1. The van der Waals surface area contributed by atoms with E-state index in [0.29, 0.717) is 12.4 Å². The zero-order valence-electron chi connectivity index (χ0n) is 12.5. The Morgan fingerprint density at radius 1 is 1.32 bits per heavy atom. The first kappa shape index (κ1) is 15.5. The number of urea groups is 1. The van der Waals surface area contributed by atoms with Gasteiger partial charge in [-0.25, -0.2) is 9.18 Å². The second kappa shape index (κ2) is 7.22. The lowest BCUT2D eigenvalue weighted by atomic mass is 10.0. The summed E-state index contributed by atoms with van der Waals surface area (Å²) in [5.41, 5.74) is 0.745. The minimum atomic E-state index is -0.297. The molecule has 1 N–H and O–H groups in total. The standard InChI is InChI=1S/C16H21FN2O2S/c17-12-4-5-15-13(11-12)14(3-1-8-21-15)18-16(20)19-6-2-9-22-10-7-19/h4-5,11,14H,1-3,6-10H2,(H,18,20)/t14-/m1/s1. The first-order chi connectivity index (χ1) is 10.7. The Labute approximate surface area is 134 Å². The molecule has 0 radical (unpaired) electrons. The molecule has 6 heteroatoms. The molecule has 2 aliphatic heterocycles. The normalized spacial score (nSPS) is 22.0. The largest absolute Gasteiger partial charge is 0.493 e. The molecule has 1 fully saturated rings. The highest BCUT2D eigenvalue weighted by Gasteiger charge is 2.24. The quantitative estimate of drug-likeness (QED) is 0.862. The number of nitrogens with one attached hydrogen (secondary N) is 1. The van der Waals surface area contributed by atoms with Gasteiger partial charge < -0.3 is 15.0 Å². The van der Waals surface area contributed by atoms with E-state index in [1.54, 1.807) is 6.07 Å². The van der Waals surface area contributed by atoms with Crippen molar-refractivity contribution in [2.24, 2.45) is 0 Å². The van der Waals surface area contributed by atoms with Crippen LogP contribution in [0.2, 0.25) is 0 Å². The van der Waals surface area contributed by atoms with Gasteiger partial charge in [-0.2, -0.15) is 11.8 Å². The highest BCUT2D eigenvalue weighted by molar-refractivity contribution is 7.99. The van der Waals surface area contributed by atoms with Crippen LogP contribution in [0.1, 0.15) is 30.9 Å². The fourth-order valence-electron chi connectivity index (χ4n) is 2.89. The number of ether oxygens (including phenoxy) is 1. The zero-order valence-corrected chi connectivity index (χ0v) is 13.3. The molecular weight excluding hydrogens is 303 g/mol. The number of fused-ring (bicyclic) bond motifs is 1. The number of hydrogen-bond donors (Lipinski definition) is 1. The van der Waals surface area contributed by atoms with Crippen molar-refractivity contribution in [2.75, 3.05) is 31.2 Å². The molecule has 0 bridgehead atoms. The van der Waals surface area contributed by atoms with Gasteiger partial charge in [0.2, 0.25) is 0 Å². The van der Waals surface area contributed by atoms with Crippen LogP contribution >= 0.6 is 11.8 Å². The molecule has 0 unspecified atom stereocenters. The summed E-state index contributed by atoms with van der Waals surface area (Å²) in [7, 11) is 0. The predicted octanol–water partition coefficient (Wildman–Crippen LogP) is 3.19. The van der Waals surface area contributed by atoms with E-state index >= 15 is 0 Å². The van der Waals surface area contributed by atoms with Gasteiger partial charge >= 0.3 is 6.03 Å². The second-order valence-electron chi connectivity index (χ2n) is 5.63. The van der Waals surface area contributed by atoms with Crippen molar-refractivity contribution in [2.45, 2.75) is 25.3 Å². The summed E-state index contributed by atoms with van der Waals surface area (Å²) in [4.78, 5) is 14.4. The summed E-state index contributed by atoms with van der Waals surface area (Å²) in [6.07, 6.45) is 2.64. The van der Waals surface area contributed by atoms with Crippen molar-refractivity contribution in [3.63, 3.8) is 0 Å². The highest BCUT2D eigenvalue weighted by atomic mass is 32.2. The third-order valence-electron chi connectivity index (χ3n) is 4.05. The van der Waals surface area contributed by atoms with Gasteiger partial charge in [0, 0.05) is 24.4 Å². The number of amides is 2. The van der Waals surface area contributed by atoms with E-state index < -0.39 is 0 Å². The van der Waals surface area contributed by atoms with E-state index in [2.05, 4.69) is 5.32 Å². The summed E-state index contributed by atoms with van der Waals surface area (Å²) >= 11 is 1.89. The Balaban J connectivity index is 1.74. The molecule has 1 aromatic carbocycles. The van der Waals surface area contributed by atoms with Crippen LogP contribution in [0.25, 0.3) is 0 Å². The van der Waals surface area contributed by atoms with Crippen molar-refractivity contribution in [1.82, 2.24) is 10.2 Å². The van der Waals surface area contributed by atoms with E-state index in [1.165, 1.54) is 12.1 Å². The van der Waals surface area contributed by atoms with Crippen molar-refractivity contribution >= 4 is 17.8 Å². The zero-order chi connectivity index (χ0) is 15.4. The van der Waals surface area contributed by atoms with Crippen molar-refractivity contribution in [3.05, 3.63) is 29.6 Å². The Kier molecular flexibility index (Phi) is 5.08. The third kappa shape index (κ3) is 3.66. The Hall–Kier alpha value is -1.43. The van der Waals surface area contributed by atoms with Gasteiger partial charge in [0.1, 0.15) is 11.6 Å². The second-order valence-corrected chi connectivity index (χ2v) is 6.85. The topological polar surface area (TPSA) is 41.6 Å². The molecule has 4 nitrogen and oxygen atoms in total. The first-order valence-corrected chi connectivity index (χ1v) is 8.95. The summed E-state index contributed by atoms with van der Waals surface area (Å²) in [6, 6.07) is 4.29. The Morgan fingerprint density at radius 3 is 3.14 bits per heavy atom. The molecule has 2 aliphatic rings. The molecule has 2 heterocycles. The molecule has 1 aromatic rings. The maximum atomic E-state index is 13.6. The molecule has 1 atom stereocenters. The van der Waals surface area contributed by atoms with Crippen LogP contribution in [0.5, 0.6) is 5.75 Å². The van der Waals surface area contributed by atoms with Crippen LogP contribution < -0.4 is 10.1 Å². The summed E-state index contributed by atoms with van der Waals surface area (Å²) in [6.45, 7) is 2.17. The Bertz CT molecular complexity index is 533. The van der Waals surface area contributed by atoms with Crippen LogP contribution in [-0.4, -0.2) is 42.1 Å². The first-order valence-electron chi connectivity index (χ1n) is 7.79. The molecular formula is C16H21FN2O2S. The molecule has 22 heavy (non-hydrogen) atoms. The predicted molar refractivity (Wildman–Crippen MR) is 85.9 cm³/mol. The number of halogens is 1. The maximum Gasteiger partial charge on any atom is 0.317 e. The maximum absolute atomic E-state index is 13.6. The van der Waals surface area contributed by atoms with Crippen molar-refractivity contribution < 1.29 is 13.9 Å². The number of benzene rings is 1. The smallest absolute Gasteiger partial charge is 0.317 e. The molecule has 0 aliphatic carbocycles. The van der Waals surface area contributed by atoms with E-state index in [1.807, 2.05) is 16.7 Å². The third-order valence-corrected chi connectivity index (χ3v) is 5.10. The molecule has 2 amide bonds. The fraction of sp³-hybridized carbons (Fsp3) is 0.562.